The van der Waals surface area contributed by atoms with Crippen LogP contribution >= 0.6 is 0 Å². The van der Waals surface area contributed by atoms with E-state index in [-0.39, 0.29) is 12.0 Å². The summed E-state index contributed by atoms with van der Waals surface area (Å²) in [6.07, 6.45) is 22.1. The van der Waals surface area contributed by atoms with E-state index in [9.17, 15) is 0 Å². The number of ether oxygens (including phenoxy) is 1. The zero-order chi connectivity index (χ0) is 33.0. The van der Waals surface area contributed by atoms with E-state index in [0.717, 1.165) is 54.8 Å². The van der Waals surface area contributed by atoms with Crippen LogP contribution < -0.4 is 4.74 Å². The van der Waals surface area contributed by atoms with Gasteiger partial charge in [0.25, 0.3) is 0 Å². The molecule has 0 N–H and O–H groups in total. The van der Waals surface area contributed by atoms with Crippen molar-refractivity contribution in [2.24, 2.45) is 5.92 Å². The lowest BCUT2D eigenvalue weighted by Gasteiger charge is -2.30. The molecule has 4 unspecified atom stereocenters. The minimum absolute atomic E-state index is 0.0859. The van der Waals surface area contributed by atoms with Gasteiger partial charge >= 0.3 is 0 Å². The molecular formula is C46H38N2O2. The van der Waals surface area contributed by atoms with Crippen molar-refractivity contribution in [1.29, 1.82) is 0 Å². The monoisotopic (exact) mass is 650 g/mol. The summed E-state index contributed by atoms with van der Waals surface area (Å²) in [4.78, 5) is 0. The lowest BCUT2D eigenvalue weighted by atomic mass is 9.76. The predicted octanol–water partition coefficient (Wildman–Crippen LogP) is 11.4. The summed E-state index contributed by atoms with van der Waals surface area (Å²) >= 11 is 0. The van der Waals surface area contributed by atoms with Crippen LogP contribution in [0.4, 0.5) is 0 Å². The van der Waals surface area contributed by atoms with E-state index in [0.29, 0.717) is 11.8 Å². The Labute approximate surface area is 292 Å². The Morgan fingerprint density at radius 3 is 2.56 bits per heavy atom. The molecule has 0 radical (unpaired) electrons. The van der Waals surface area contributed by atoms with Crippen molar-refractivity contribution < 1.29 is 9.15 Å². The predicted molar refractivity (Wildman–Crippen MR) is 203 cm³/mol. The fourth-order valence-corrected chi connectivity index (χ4v) is 8.56. The molecule has 0 spiro atoms. The van der Waals surface area contributed by atoms with Crippen LogP contribution in [0.3, 0.4) is 0 Å². The molecule has 0 amide bonds. The molecule has 4 heteroatoms. The molecule has 4 aliphatic rings. The van der Waals surface area contributed by atoms with Crippen molar-refractivity contribution in [1.82, 2.24) is 9.78 Å². The molecule has 1 aliphatic heterocycles. The number of para-hydroxylation sites is 1. The summed E-state index contributed by atoms with van der Waals surface area (Å²) in [6, 6.07) is 35.1. The standard InChI is InChI=1S/C46H38N2O2/c1-3-11-31(12-4-1)41-28-42(32-13-5-2-6-14-32)48(47-41)29-30-23-35(33-19-21-45-39(26-33)37-15-7-9-17-43(37)49-45)25-36(24-30)34-20-22-46-40(27-34)38-16-8-10-18-44(38)50-46/h1-3,5-11,13-23,26-28,30,36-37,43H,4,12,24-25,29H2. The largest absolute Gasteiger partial charge is 0.485 e. The molecule has 0 saturated carbocycles. The highest BCUT2D eigenvalue weighted by Gasteiger charge is 2.33. The fraction of sp³-hybridized carbons (Fsp3) is 0.196. The van der Waals surface area contributed by atoms with Gasteiger partial charge in [0.05, 0.1) is 11.4 Å². The van der Waals surface area contributed by atoms with Crippen molar-refractivity contribution in [3.05, 3.63) is 168 Å². The molecule has 10 rings (SSSR count). The number of nitrogens with zero attached hydrogens (tertiary/aromatic N) is 2. The van der Waals surface area contributed by atoms with E-state index in [1.54, 1.807) is 0 Å². The number of hydrogen-bond acceptors (Lipinski definition) is 3. The molecule has 0 fully saturated rings. The van der Waals surface area contributed by atoms with Crippen molar-refractivity contribution in [2.75, 3.05) is 0 Å². The number of hydrogen-bond donors (Lipinski definition) is 0. The molecule has 50 heavy (non-hydrogen) atoms. The Balaban J connectivity index is 1.06. The third-order valence-electron chi connectivity index (χ3n) is 11.0. The maximum Gasteiger partial charge on any atom is 0.135 e. The van der Waals surface area contributed by atoms with Crippen LogP contribution in [0.15, 0.2) is 150 Å². The molecular weight excluding hydrogens is 613 g/mol. The van der Waals surface area contributed by atoms with Gasteiger partial charge in [-0.2, -0.15) is 5.10 Å². The van der Waals surface area contributed by atoms with E-state index >= 15 is 0 Å². The maximum absolute atomic E-state index is 6.33. The van der Waals surface area contributed by atoms with Gasteiger partial charge in [0.15, 0.2) is 0 Å². The fourth-order valence-electron chi connectivity index (χ4n) is 8.56. The molecule has 0 bridgehead atoms. The van der Waals surface area contributed by atoms with Gasteiger partial charge in [-0.3, -0.25) is 4.68 Å². The van der Waals surface area contributed by atoms with Gasteiger partial charge in [-0.15, -0.1) is 0 Å². The quantitative estimate of drug-likeness (QED) is 0.180. The minimum atomic E-state index is 0.0859. The summed E-state index contributed by atoms with van der Waals surface area (Å²) in [5.74, 6) is 1.92. The number of benzene rings is 4. The molecule has 3 heterocycles. The zero-order valence-corrected chi connectivity index (χ0v) is 27.9. The lowest BCUT2D eigenvalue weighted by Crippen LogP contribution is -2.19. The maximum atomic E-state index is 6.33. The molecule has 4 atom stereocenters. The van der Waals surface area contributed by atoms with Crippen LogP contribution in [0.2, 0.25) is 0 Å². The Morgan fingerprint density at radius 1 is 0.760 bits per heavy atom. The lowest BCUT2D eigenvalue weighted by molar-refractivity contribution is 0.269. The second-order valence-electron chi connectivity index (χ2n) is 14.2. The molecule has 3 aliphatic carbocycles. The molecule has 244 valence electrons. The van der Waals surface area contributed by atoms with E-state index in [4.69, 9.17) is 14.3 Å². The summed E-state index contributed by atoms with van der Waals surface area (Å²) in [5.41, 5.74) is 12.0. The van der Waals surface area contributed by atoms with E-state index in [1.807, 2.05) is 6.07 Å². The summed E-state index contributed by atoms with van der Waals surface area (Å²) < 4.78 is 14.8. The number of furan rings is 1. The van der Waals surface area contributed by atoms with Gasteiger partial charge < -0.3 is 9.15 Å². The van der Waals surface area contributed by atoms with Crippen LogP contribution in [-0.4, -0.2) is 15.9 Å². The van der Waals surface area contributed by atoms with Crippen LogP contribution in [0, 0.1) is 5.92 Å². The molecule has 0 saturated heterocycles. The summed E-state index contributed by atoms with van der Waals surface area (Å²) in [5, 5.41) is 7.68. The van der Waals surface area contributed by atoms with Crippen molar-refractivity contribution in [3.8, 4) is 17.0 Å². The summed E-state index contributed by atoms with van der Waals surface area (Å²) in [6.45, 7) is 0.816. The average Bonchev–Trinajstić information content (AvgIpc) is 3.88. The summed E-state index contributed by atoms with van der Waals surface area (Å²) in [7, 11) is 0. The number of aromatic nitrogens is 2. The third-order valence-corrected chi connectivity index (χ3v) is 11.0. The van der Waals surface area contributed by atoms with Gasteiger partial charge in [-0.1, -0.05) is 103 Å². The van der Waals surface area contributed by atoms with Crippen LogP contribution in [-0.2, 0) is 6.54 Å². The SMILES string of the molecule is C1=CCCC(c2cc(-c3ccccc3)n(CC3C=C(c4ccc5c(c4)C4C=CC=CC4O5)CC(c4ccc5oc6ccccc6c5c4)C3)n2)=C1. The minimum Gasteiger partial charge on any atom is -0.485 e. The number of allylic oxidation sites excluding steroid dienone is 8. The highest BCUT2D eigenvalue weighted by Crippen LogP contribution is 2.46. The van der Waals surface area contributed by atoms with Gasteiger partial charge in [-0.25, -0.2) is 0 Å². The highest BCUT2D eigenvalue weighted by atomic mass is 16.5. The Hall–Kier alpha value is -5.61. The average molecular weight is 651 g/mol. The second-order valence-corrected chi connectivity index (χ2v) is 14.2. The van der Waals surface area contributed by atoms with Crippen LogP contribution in [0.1, 0.15) is 59.9 Å². The van der Waals surface area contributed by atoms with Crippen LogP contribution in [0.5, 0.6) is 5.75 Å². The van der Waals surface area contributed by atoms with Crippen molar-refractivity contribution >= 4 is 33.1 Å². The van der Waals surface area contributed by atoms with Crippen molar-refractivity contribution in [2.45, 2.75) is 50.2 Å². The number of rotatable bonds is 6. The Morgan fingerprint density at radius 2 is 1.64 bits per heavy atom. The zero-order valence-electron chi connectivity index (χ0n) is 27.9. The van der Waals surface area contributed by atoms with E-state index < -0.39 is 0 Å². The second kappa shape index (κ2) is 12.1. The molecule has 4 nitrogen and oxygen atoms in total. The first-order valence-corrected chi connectivity index (χ1v) is 18.0. The highest BCUT2D eigenvalue weighted by molar-refractivity contribution is 6.05. The molecule has 2 aromatic heterocycles. The first kappa shape index (κ1) is 29.3. The topological polar surface area (TPSA) is 40.2 Å². The molecule has 4 aromatic carbocycles. The van der Waals surface area contributed by atoms with Gasteiger partial charge in [0.1, 0.15) is 23.0 Å². The van der Waals surface area contributed by atoms with Gasteiger partial charge in [-0.05, 0) is 108 Å². The Bertz CT molecular complexity index is 2420. The molecule has 6 aromatic rings. The normalized spacial score (nSPS) is 22.3. The Kier molecular flexibility index (Phi) is 7.07. The van der Waals surface area contributed by atoms with Gasteiger partial charge in [0, 0.05) is 28.8 Å². The van der Waals surface area contributed by atoms with E-state index in [2.05, 4.69) is 144 Å². The third kappa shape index (κ3) is 5.18. The smallest absolute Gasteiger partial charge is 0.135 e. The van der Waals surface area contributed by atoms with Crippen LogP contribution in [0.25, 0.3) is 44.3 Å². The first-order valence-electron chi connectivity index (χ1n) is 18.0. The van der Waals surface area contributed by atoms with Crippen molar-refractivity contribution in [3.63, 3.8) is 0 Å². The first-order chi connectivity index (χ1) is 24.7. The number of fused-ring (bicyclic) bond motifs is 6. The van der Waals surface area contributed by atoms with E-state index in [1.165, 1.54) is 49.9 Å². The van der Waals surface area contributed by atoms with Gasteiger partial charge in [0.2, 0.25) is 0 Å².